The molecule has 0 unspecified atom stereocenters. The van der Waals surface area contributed by atoms with Crippen molar-refractivity contribution >= 4 is 31.5 Å². The second-order valence-electron chi connectivity index (χ2n) is 15.1. The second kappa shape index (κ2) is 13.4. The highest BCUT2D eigenvalue weighted by Gasteiger charge is 2.40. The van der Waals surface area contributed by atoms with Gasteiger partial charge in [0.2, 0.25) is 0 Å². The lowest BCUT2D eigenvalue weighted by atomic mass is 9.74. The zero-order valence-corrected chi connectivity index (χ0v) is 32.2. The van der Waals surface area contributed by atoms with E-state index in [2.05, 4.69) is 189 Å². The van der Waals surface area contributed by atoms with E-state index in [9.17, 15) is 0 Å². The summed E-state index contributed by atoms with van der Waals surface area (Å²) in [5, 5.41) is 2.62. The molecule has 8 aromatic carbocycles. The Morgan fingerprint density at radius 3 is 1.65 bits per heavy atom. The number of nitrogens with zero attached hydrogens (tertiary/aromatic N) is 2. The van der Waals surface area contributed by atoms with Gasteiger partial charge in [0.15, 0.2) is 5.82 Å². The van der Waals surface area contributed by atoms with Crippen LogP contribution in [0.3, 0.4) is 0 Å². The van der Waals surface area contributed by atoms with E-state index in [-0.39, 0.29) is 5.41 Å². The Labute approximate surface area is 336 Å². The smallest absolute Gasteiger partial charge is 0.160 e. The highest BCUT2D eigenvalue weighted by molar-refractivity contribution is 7.25. The predicted molar refractivity (Wildman–Crippen MR) is 240 cm³/mol. The van der Waals surface area contributed by atoms with E-state index in [0.717, 1.165) is 39.2 Å². The first-order valence-electron chi connectivity index (χ1n) is 19.5. The molecule has 0 fully saturated rings. The molecule has 2 aromatic heterocycles. The van der Waals surface area contributed by atoms with Gasteiger partial charge in [0, 0.05) is 42.3 Å². The van der Waals surface area contributed by atoms with Gasteiger partial charge in [-0.05, 0) is 81.3 Å². The standard InChI is InChI=1S/C54H36N2S/c1-54(47-20-10-7-16-42(47)43-17-8-11-21-48(43)54)40-30-27-36(28-31-40)41-15-5-6-18-44(41)50-34-49(55-53(56-50)38-13-3-2-4-14-38)37-25-23-35(24-26-37)39-29-32-52-46(33-39)45-19-9-12-22-51(45)57-52/h2-34H,1H3. The van der Waals surface area contributed by atoms with Crippen LogP contribution in [0.4, 0.5) is 0 Å². The van der Waals surface area contributed by atoms with Crippen LogP contribution in [0.5, 0.6) is 0 Å². The summed E-state index contributed by atoms with van der Waals surface area (Å²) in [6.45, 7) is 2.37. The zero-order chi connectivity index (χ0) is 37.9. The summed E-state index contributed by atoms with van der Waals surface area (Å²) in [4.78, 5) is 10.4. The van der Waals surface area contributed by atoms with Gasteiger partial charge >= 0.3 is 0 Å². The minimum absolute atomic E-state index is 0.238. The number of fused-ring (bicyclic) bond motifs is 6. The van der Waals surface area contributed by atoms with E-state index >= 15 is 0 Å². The van der Waals surface area contributed by atoms with Crippen molar-refractivity contribution in [2.24, 2.45) is 0 Å². The van der Waals surface area contributed by atoms with Gasteiger partial charge < -0.3 is 0 Å². The molecular formula is C54H36N2S. The largest absolute Gasteiger partial charge is 0.228 e. The molecule has 2 nitrogen and oxygen atoms in total. The SMILES string of the molecule is CC1(c2ccc(-c3ccccc3-c3cc(-c4ccc(-c5ccc6sc7ccccc7c6c5)cc4)nc(-c4ccccc4)n3)cc2)c2ccccc2-c2ccccc21. The number of benzene rings is 8. The van der Waals surface area contributed by atoms with Gasteiger partial charge in [0.1, 0.15) is 0 Å². The normalized spacial score (nSPS) is 12.8. The maximum absolute atomic E-state index is 5.23. The molecule has 268 valence electrons. The van der Waals surface area contributed by atoms with Gasteiger partial charge in [-0.3, -0.25) is 0 Å². The molecule has 0 bridgehead atoms. The van der Waals surface area contributed by atoms with Crippen molar-refractivity contribution in [2.75, 3.05) is 0 Å². The molecule has 0 N–H and O–H groups in total. The van der Waals surface area contributed by atoms with E-state index in [1.165, 1.54) is 59.1 Å². The van der Waals surface area contributed by atoms with Crippen molar-refractivity contribution < 1.29 is 0 Å². The lowest BCUT2D eigenvalue weighted by Crippen LogP contribution is -2.22. The fourth-order valence-corrected chi connectivity index (χ4v) is 9.98. The molecule has 3 heteroatoms. The Balaban J connectivity index is 0.979. The number of hydrogen-bond donors (Lipinski definition) is 0. The average Bonchev–Trinajstić information content (AvgIpc) is 3.79. The van der Waals surface area contributed by atoms with Gasteiger partial charge in [-0.1, -0.05) is 176 Å². The number of rotatable bonds is 6. The van der Waals surface area contributed by atoms with E-state index in [4.69, 9.17) is 9.97 Å². The number of thiophene rings is 1. The highest BCUT2D eigenvalue weighted by Crippen LogP contribution is 2.52. The second-order valence-corrected chi connectivity index (χ2v) is 16.1. The molecule has 2 heterocycles. The van der Waals surface area contributed by atoms with E-state index in [1.807, 2.05) is 29.5 Å². The monoisotopic (exact) mass is 744 g/mol. The summed E-state index contributed by atoms with van der Waals surface area (Å²) in [5.41, 5.74) is 16.0. The lowest BCUT2D eigenvalue weighted by Gasteiger charge is -2.28. The molecule has 0 atom stereocenters. The molecule has 1 aliphatic rings. The minimum atomic E-state index is -0.238. The van der Waals surface area contributed by atoms with Gasteiger partial charge in [0.25, 0.3) is 0 Å². The van der Waals surface area contributed by atoms with E-state index in [0.29, 0.717) is 5.82 Å². The summed E-state index contributed by atoms with van der Waals surface area (Å²) in [5.74, 6) is 0.707. The van der Waals surface area contributed by atoms with Crippen LogP contribution in [-0.2, 0) is 5.41 Å². The van der Waals surface area contributed by atoms with Crippen molar-refractivity contribution in [1.82, 2.24) is 9.97 Å². The lowest BCUT2D eigenvalue weighted by molar-refractivity contribution is 0.714. The third-order valence-corrected chi connectivity index (χ3v) is 13.0. The molecular weight excluding hydrogens is 709 g/mol. The van der Waals surface area contributed by atoms with E-state index < -0.39 is 0 Å². The van der Waals surface area contributed by atoms with Crippen LogP contribution in [0.25, 0.3) is 87.5 Å². The Kier molecular flexibility index (Phi) is 7.84. The van der Waals surface area contributed by atoms with Crippen LogP contribution in [0.15, 0.2) is 200 Å². The van der Waals surface area contributed by atoms with Crippen molar-refractivity contribution in [3.8, 4) is 67.3 Å². The minimum Gasteiger partial charge on any atom is -0.228 e. The Morgan fingerprint density at radius 1 is 0.368 bits per heavy atom. The average molecular weight is 745 g/mol. The topological polar surface area (TPSA) is 25.8 Å². The first kappa shape index (κ1) is 33.4. The number of hydrogen-bond acceptors (Lipinski definition) is 3. The van der Waals surface area contributed by atoms with Gasteiger partial charge in [0.05, 0.1) is 11.4 Å². The molecule has 0 amide bonds. The first-order chi connectivity index (χ1) is 28.1. The maximum Gasteiger partial charge on any atom is 0.160 e. The fraction of sp³-hybridized carbons (Fsp3) is 0.0370. The van der Waals surface area contributed by atoms with Crippen molar-refractivity contribution in [1.29, 1.82) is 0 Å². The molecule has 11 rings (SSSR count). The summed E-state index contributed by atoms with van der Waals surface area (Å²) in [7, 11) is 0. The maximum atomic E-state index is 5.23. The Morgan fingerprint density at radius 2 is 0.912 bits per heavy atom. The van der Waals surface area contributed by atoms with Crippen LogP contribution in [0.2, 0.25) is 0 Å². The third-order valence-electron chi connectivity index (χ3n) is 11.8. The van der Waals surface area contributed by atoms with Crippen LogP contribution in [0.1, 0.15) is 23.6 Å². The first-order valence-corrected chi connectivity index (χ1v) is 20.3. The van der Waals surface area contributed by atoms with Crippen LogP contribution in [0, 0.1) is 0 Å². The van der Waals surface area contributed by atoms with Crippen molar-refractivity contribution in [3.63, 3.8) is 0 Å². The van der Waals surface area contributed by atoms with E-state index in [1.54, 1.807) is 0 Å². The molecule has 0 saturated carbocycles. The quantitative estimate of drug-likeness (QED) is 0.169. The molecule has 0 radical (unpaired) electrons. The molecule has 0 saturated heterocycles. The van der Waals surface area contributed by atoms with Gasteiger partial charge in [-0.2, -0.15) is 0 Å². The summed E-state index contributed by atoms with van der Waals surface area (Å²) < 4.78 is 2.64. The summed E-state index contributed by atoms with van der Waals surface area (Å²) in [6.07, 6.45) is 0. The Bertz CT molecular complexity index is 3080. The summed E-state index contributed by atoms with van der Waals surface area (Å²) in [6, 6.07) is 72.2. The highest BCUT2D eigenvalue weighted by atomic mass is 32.1. The summed E-state index contributed by atoms with van der Waals surface area (Å²) >= 11 is 1.85. The molecule has 1 aliphatic carbocycles. The zero-order valence-electron chi connectivity index (χ0n) is 31.4. The fourth-order valence-electron chi connectivity index (χ4n) is 8.89. The molecule has 0 spiro atoms. The Hall–Kier alpha value is -6.94. The molecule has 10 aromatic rings. The molecule has 0 aliphatic heterocycles. The number of aromatic nitrogens is 2. The van der Waals surface area contributed by atoms with Crippen LogP contribution < -0.4 is 0 Å². The van der Waals surface area contributed by atoms with Crippen LogP contribution >= 0.6 is 11.3 Å². The van der Waals surface area contributed by atoms with Crippen molar-refractivity contribution in [3.05, 3.63) is 217 Å². The van der Waals surface area contributed by atoms with Gasteiger partial charge in [-0.25, -0.2) is 9.97 Å². The third kappa shape index (κ3) is 5.54. The van der Waals surface area contributed by atoms with Crippen LogP contribution in [-0.4, -0.2) is 9.97 Å². The predicted octanol–water partition coefficient (Wildman–Crippen LogP) is 14.5. The molecule has 57 heavy (non-hydrogen) atoms. The van der Waals surface area contributed by atoms with Gasteiger partial charge in [-0.15, -0.1) is 11.3 Å². The van der Waals surface area contributed by atoms with Crippen molar-refractivity contribution in [2.45, 2.75) is 12.3 Å².